The molecule has 0 radical (unpaired) electrons. The maximum Gasteiger partial charge on any atom is 0.302 e. The van der Waals surface area contributed by atoms with E-state index < -0.39 is 12.2 Å². The van der Waals surface area contributed by atoms with Gasteiger partial charge in [0.15, 0.2) is 0 Å². The van der Waals surface area contributed by atoms with Crippen molar-refractivity contribution in [1.29, 1.82) is 0 Å². The SMILES string of the molecule is C=C1/C(=C\C=C2/CCC[C@]3(C)[C@@H]([C@H](C)CC[C@@H](OC(C)=O)C4(c5ncc(CCCC)s5)CC4)CC[C@@H]23)C[C@@H](O)C[C@@H]1O. The van der Waals surface area contributed by atoms with Crippen LogP contribution in [0.2, 0.25) is 0 Å². The number of carbonyl (C=O) groups is 1. The molecule has 42 heavy (non-hydrogen) atoms. The van der Waals surface area contributed by atoms with E-state index in [1.165, 1.54) is 54.0 Å². The minimum atomic E-state index is -0.643. The number of hydrogen-bond donors (Lipinski definition) is 2. The minimum Gasteiger partial charge on any atom is -0.462 e. The van der Waals surface area contributed by atoms with Crippen molar-refractivity contribution in [2.45, 2.75) is 141 Å². The second-order valence-corrected chi connectivity index (χ2v) is 15.3. The number of allylic oxidation sites excluding steroid dienone is 3. The quantitative estimate of drug-likeness (QED) is 0.253. The summed E-state index contributed by atoms with van der Waals surface area (Å²) in [5, 5.41) is 21.6. The maximum absolute atomic E-state index is 12.2. The number of nitrogens with zero attached hydrogens (tertiary/aromatic N) is 1. The summed E-state index contributed by atoms with van der Waals surface area (Å²) < 4.78 is 6.07. The molecule has 1 heterocycles. The number of carbonyl (C=O) groups excluding carboxylic acids is 1. The van der Waals surface area contributed by atoms with Crippen LogP contribution in [-0.4, -0.2) is 39.5 Å². The second kappa shape index (κ2) is 13.1. The predicted molar refractivity (Wildman–Crippen MR) is 170 cm³/mol. The summed E-state index contributed by atoms with van der Waals surface area (Å²) in [5.41, 5.74) is 3.49. The number of aliphatic hydroxyl groups is 2. The van der Waals surface area contributed by atoms with Gasteiger partial charge >= 0.3 is 5.97 Å². The van der Waals surface area contributed by atoms with E-state index in [9.17, 15) is 15.0 Å². The zero-order valence-electron chi connectivity index (χ0n) is 26.4. The molecule has 0 spiro atoms. The Morgan fingerprint density at radius 3 is 2.74 bits per heavy atom. The average molecular weight is 596 g/mol. The Labute approximate surface area is 257 Å². The molecular weight excluding hydrogens is 542 g/mol. The summed E-state index contributed by atoms with van der Waals surface area (Å²) in [5.74, 6) is 1.62. The molecule has 4 saturated carbocycles. The van der Waals surface area contributed by atoms with Gasteiger partial charge in [0.1, 0.15) is 11.1 Å². The van der Waals surface area contributed by atoms with Crippen LogP contribution in [0, 0.1) is 23.2 Å². The molecule has 0 unspecified atom stereocenters. The van der Waals surface area contributed by atoms with Crippen molar-refractivity contribution in [3.8, 4) is 0 Å². The molecule has 0 amide bonds. The number of thiazole rings is 1. The zero-order valence-corrected chi connectivity index (χ0v) is 27.2. The van der Waals surface area contributed by atoms with E-state index in [1.54, 1.807) is 6.92 Å². The molecule has 5 nitrogen and oxygen atoms in total. The van der Waals surface area contributed by atoms with Crippen molar-refractivity contribution in [2.24, 2.45) is 23.2 Å². The van der Waals surface area contributed by atoms with Gasteiger partial charge in [-0.3, -0.25) is 4.79 Å². The van der Waals surface area contributed by atoms with Crippen LogP contribution in [0.15, 0.2) is 41.6 Å². The Morgan fingerprint density at radius 1 is 1.24 bits per heavy atom. The van der Waals surface area contributed by atoms with Crippen LogP contribution in [0.4, 0.5) is 0 Å². The first kappa shape index (κ1) is 31.7. The first-order valence-corrected chi connectivity index (χ1v) is 17.5. The van der Waals surface area contributed by atoms with Crippen molar-refractivity contribution in [3.63, 3.8) is 0 Å². The number of aryl methyl sites for hydroxylation is 1. The standard InChI is InChI=1S/C36H53NO4S/c1-6-7-10-29-22-37-34(42-29)36(18-19-36)33(41-25(4)38)16-11-23(2)30-14-15-31-26(9-8-17-35(30,31)5)12-13-27-20-28(39)21-32(40)24(27)3/h12-13,22-23,28,30-33,39-40H,3,6-11,14-21H2,1-2,4-5H3/b26-12+,27-13-/t23-,28-,30-,31+,32+,33-,35-/m1/s1. The van der Waals surface area contributed by atoms with Gasteiger partial charge in [0.05, 0.1) is 17.6 Å². The molecule has 4 aliphatic rings. The van der Waals surface area contributed by atoms with Crippen molar-refractivity contribution >= 4 is 17.3 Å². The van der Waals surface area contributed by atoms with E-state index in [1.807, 2.05) is 11.3 Å². The lowest BCUT2D eigenvalue weighted by Crippen LogP contribution is -2.37. The van der Waals surface area contributed by atoms with Crippen molar-refractivity contribution in [3.05, 3.63) is 51.5 Å². The monoisotopic (exact) mass is 595 g/mol. The van der Waals surface area contributed by atoms with E-state index in [2.05, 4.69) is 45.7 Å². The molecule has 0 aromatic carbocycles. The second-order valence-electron chi connectivity index (χ2n) is 14.2. The molecule has 7 atom stereocenters. The van der Waals surface area contributed by atoms with Crippen molar-refractivity contribution in [1.82, 2.24) is 4.98 Å². The van der Waals surface area contributed by atoms with Gasteiger partial charge in [-0.25, -0.2) is 4.98 Å². The number of fused-ring (bicyclic) bond motifs is 1. The molecule has 232 valence electrons. The first-order chi connectivity index (χ1) is 20.1. The molecular formula is C36H53NO4S. The first-order valence-electron chi connectivity index (χ1n) is 16.6. The lowest BCUT2D eigenvalue weighted by molar-refractivity contribution is -0.148. The van der Waals surface area contributed by atoms with Crippen LogP contribution < -0.4 is 0 Å². The highest BCUT2D eigenvalue weighted by molar-refractivity contribution is 7.11. The average Bonchev–Trinajstić information content (AvgIpc) is 3.46. The van der Waals surface area contributed by atoms with E-state index >= 15 is 0 Å². The summed E-state index contributed by atoms with van der Waals surface area (Å²) in [7, 11) is 0. The Kier molecular flexibility index (Phi) is 9.86. The van der Waals surface area contributed by atoms with E-state index in [-0.39, 0.29) is 22.9 Å². The fourth-order valence-electron chi connectivity index (χ4n) is 8.76. The fourth-order valence-corrected chi connectivity index (χ4v) is 10.00. The number of aromatic nitrogens is 1. The Bertz CT molecular complexity index is 1190. The number of hydrogen-bond acceptors (Lipinski definition) is 6. The summed E-state index contributed by atoms with van der Waals surface area (Å²) in [4.78, 5) is 18.4. The molecule has 4 aliphatic carbocycles. The minimum absolute atomic E-state index is 0.0822. The molecule has 0 bridgehead atoms. The highest BCUT2D eigenvalue weighted by atomic mass is 32.1. The number of ether oxygens (including phenoxy) is 1. The third-order valence-electron chi connectivity index (χ3n) is 11.3. The third kappa shape index (κ3) is 6.51. The number of aliphatic hydroxyl groups excluding tert-OH is 2. The summed E-state index contributed by atoms with van der Waals surface area (Å²) in [6, 6.07) is 0. The molecule has 5 rings (SSSR count). The lowest BCUT2D eigenvalue weighted by Gasteiger charge is -2.44. The lowest BCUT2D eigenvalue weighted by atomic mass is 9.60. The van der Waals surface area contributed by atoms with Gasteiger partial charge in [0, 0.05) is 24.4 Å². The van der Waals surface area contributed by atoms with Crippen LogP contribution in [0.3, 0.4) is 0 Å². The predicted octanol–water partition coefficient (Wildman–Crippen LogP) is 8.01. The van der Waals surface area contributed by atoms with Crippen LogP contribution in [0.1, 0.15) is 121 Å². The Morgan fingerprint density at radius 2 is 2.02 bits per heavy atom. The van der Waals surface area contributed by atoms with Gasteiger partial charge in [-0.15, -0.1) is 11.3 Å². The van der Waals surface area contributed by atoms with Crippen LogP contribution in [-0.2, 0) is 21.4 Å². The van der Waals surface area contributed by atoms with Gasteiger partial charge in [-0.05, 0) is 111 Å². The molecule has 1 aromatic rings. The number of rotatable bonds is 11. The normalized spacial score (nSPS) is 33.9. The van der Waals surface area contributed by atoms with Crippen LogP contribution >= 0.6 is 11.3 Å². The van der Waals surface area contributed by atoms with E-state index in [0.717, 1.165) is 49.7 Å². The largest absolute Gasteiger partial charge is 0.462 e. The highest BCUT2D eigenvalue weighted by Gasteiger charge is 2.55. The number of esters is 1. The van der Waals surface area contributed by atoms with Crippen molar-refractivity contribution < 1.29 is 19.7 Å². The summed E-state index contributed by atoms with van der Waals surface area (Å²) >= 11 is 1.84. The summed E-state index contributed by atoms with van der Waals surface area (Å²) in [6.07, 6.45) is 19.9. The Balaban J connectivity index is 1.26. The third-order valence-corrected chi connectivity index (χ3v) is 12.6. The maximum atomic E-state index is 12.2. The van der Waals surface area contributed by atoms with Gasteiger partial charge < -0.3 is 14.9 Å². The topological polar surface area (TPSA) is 79.7 Å². The van der Waals surface area contributed by atoms with Gasteiger partial charge in [0.25, 0.3) is 0 Å². The zero-order chi connectivity index (χ0) is 30.1. The molecule has 6 heteroatoms. The highest BCUT2D eigenvalue weighted by Crippen LogP contribution is 2.60. The molecule has 2 N–H and O–H groups in total. The molecule has 0 saturated heterocycles. The number of unbranched alkanes of at least 4 members (excludes halogenated alkanes) is 1. The molecule has 1 aromatic heterocycles. The van der Waals surface area contributed by atoms with Crippen molar-refractivity contribution in [2.75, 3.05) is 0 Å². The summed E-state index contributed by atoms with van der Waals surface area (Å²) in [6.45, 7) is 12.8. The fraction of sp³-hybridized carbons (Fsp3) is 0.722. The smallest absolute Gasteiger partial charge is 0.302 e. The van der Waals surface area contributed by atoms with Gasteiger partial charge in [-0.2, -0.15) is 0 Å². The molecule has 0 aliphatic heterocycles. The van der Waals surface area contributed by atoms with E-state index in [0.29, 0.717) is 30.6 Å². The molecule has 4 fully saturated rings. The van der Waals surface area contributed by atoms with E-state index in [4.69, 9.17) is 9.72 Å². The van der Waals surface area contributed by atoms with Crippen LogP contribution in [0.5, 0.6) is 0 Å². The van der Waals surface area contributed by atoms with Crippen LogP contribution in [0.25, 0.3) is 0 Å². The van der Waals surface area contributed by atoms with Gasteiger partial charge in [0.2, 0.25) is 0 Å². The van der Waals surface area contributed by atoms with Gasteiger partial charge in [-0.1, -0.05) is 51.5 Å². The Hall–Kier alpha value is -1.76.